The summed E-state index contributed by atoms with van der Waals surface area (Å²) >= 11 is 1.77. The Balaban J connectivity index is 1.57. The van der Waals surface area contributed by atoms with Crippen LogP contribution >= 0.6 is 11.3 Å². The quantitative estimate of drug-likeness (QED) is 0.531. The first-order valence-electron chi connectivity index (χ1n) is 9.75. The molecule has 0 atom stereocenters. The molecule has 1 N–H and O–H groups in total. The van der Waals surface area contributed by atoms with Gasteiger partial charge in [0.1, 0.15) is 10.7 Å². The molecule has 0 bridgehead atoms. The van der Waals surface area contributed by atoms with E-state index in [0.717, 1.165) is 38.8 Å². The van der Waals surface area contributed by atoms with Crippen molar-refractivity contribution in [3.63, 3.8) is 0 Å². The van der Waals surface area contributed by atoms with Gasteiger partial charge in [0.2, 0.25) is 0 Å². The summed E-state index contributed by atoms with van der Waals surface area (Å²) < 4.78 is 38.6. The molecule has 1 aromatic carbocycles. The van der Waals surface area contributed by atoms with Gasteiger partial charge in [0, 0.05) is 44.1 Å². The molecule has 1 aliphatic heterocycles. The van der Waals surface area contributed by atoms with E-state index in [1.165, 1.54) is 23.1 Å². The van der Waals surface area contributed by atoms with Crippen LogP contribution in [-0.2, 0) is 16.4 Å². The van der Waals surface area contributed by atoms with Gasteiger partial charge < -0.3 is 10.2 Å². The highest BCUT2D eigenvalue weighted by Crippen LogP contribution is 2.16. The van der Waals surface area contributed by atoms with Crippen LogP contribution in [0.2, 0.25) is 0 Å². The van der Waals surface area contributed by atoms with Crippen LogP contribution in [0.25, 0.3) is 0 Å². The number of benzene rings is 1. The van der Waals surface area contributed by atoms with Gasteiger partial charge in [-0.25, -0.2) is 12.8 Å². The fourth-order valence-electron chi connectivity index (χ4n) is 3.25. The molecule has 158 valence electrons. The number of nitrogens with zero attached hydrogens (tertiary/aromatic N) is 3. The number of nitrogens with one attached hydrogen (secondary N) is 1. The molecule has 1 aromatic heterocycles. The maximum Gasteiger partial charge on any atom is 0.194 e. The fraction of sp³-hybridized carbons (Fsp3) is 0.450. The lowest BCUT2D eigenvalue weighted by Crippen LogP contribution is -2.52. The van der Waals surface area contributed by atoms with Crippen molar-refractivity contribution in [2.45, 2.75) is 18.4 Å². The largest absolute Gasteiger partial charge is 0.357 e. The zero-order valence-corrected chi connectivity index (χ0v) is 18.2. The van der Waals surface area contributed by atoms with Crippen molar-refractivity contribution in [2.75, 3.05) is 45.0 Å². The van der Waals surface area contributed by atoms with Gasteiger partial charge in [-0.05, 0) is 30.5 Å². The molecule has 2 heterocycles. The molecule has 0 saturated carbocycles. The van der Waals surface area contributed by atoms with Crippen LogP contribution < -0.4 is 5.32 Å². The molecule has 0 radical (unpaired) electrons. The second-order valence-electron chi connectivity index (χ2n) is 6.83. The summed E-state index contributed by atoms with van der Waals surface area (Å²) in [7, 11) is -3.71. The molecule has 0 unspecified atom stereocenters. The average molecular weight is 439 g/mol. The van der Waals surface area contributed by atoms with Crippen molar-refractivity contribution in [3.05, 3.63) is 52.5 Å². The minimum Gasteiger partial charge on any atom is -0.357 e. The monoisotopic (exact) mass is 438 g/mol. The van der Waals surface area contributed by atoms with Gasteiger partial charge >= 0.3 is 0 Å². The topological polar surface area (TPSA) is 65.0 Å². The Morgan fingerprint density at radius 1 is 1.17 bits per heavy atom. The van der Waals surface area contributed by atoms with Gasteiger partial charge in [-0.3, -0.25) is 9.89 Å². The highest BCUT2D eigenvalue weighted by atomic mass is 32.2. The van der Waals surface area contributed by atoms with Crippen LogP contribution in [0.1, 0.15) is 11.8 Å². The Labute approximate surface area is 176 Å². The Hall–Kier alpha value is -1.97. The molecule has 1 saturated heterocycles. The first kappa shape index (κ1) is 21.7. The van der Waals surface area contributed by atoms with Crippen LogP contribution in [0.3, 0.4) is 0 Å². The summed E-state index contributed by atoms with van der Waals surface area (Å²) in [5, 5.41) is 5.33. The number of hydrogen-bond acceptors (Lipinski definition) is 5. The van der Waals surface area contributed by atoms with Crippen molar-refractivity contribution >= 4 is 27.1 Å². The van der Waals surface area contributed by atoms with Crippen molar-refractivity contribution in [3.8, 4) is 0 Å². The van der Waals surface area contributed by atoms with Gasteiger partial charge in [-0.15, -0.1) is 11.3 Å². The van der Waals surface area contributed by atoms with Crippen LogP contribution in [0.4, 0.5) is 4.39 Å². The normalized spacial score (nSPS) is 16.2. The van der Waals surface area contributed by atoms with Crippen molar-refractivity contribution in [2.24, 2.45) is 4.99 Å². The number of piperazine rings is 1. The van der Waals surface area contributed by atoms with E-state index in [-0.39, 0.29) is 17.2 Å². The first-order valence-corrected chi connectivity index (χ1v) is 12.3. The Bertz CT molecular complexity index is 908. The molecular weight excluding hydrogens is 411 g/mol. The lowest BCUT2D eigenvalue weighted by molar-refractivity contribution is 0.174. The Kier molecular flexibility index (Phi) is 7.63. The molecule has 6 nitrogen and oxygen atoms in total. The van der Waals surface area contributed by atoms with E-state index in [0.29, 0.717) is 12.5 Å². The number of thiophene rings is 1. The summed E-state index contributed by atoms with van der Waals surface area (Å²) in [6.07, 6.45) is 0. The third-order valence-corrected chi connectivity index (χ3v) is 7.34. The van der Waals surface area contributed by atoms with Crippen LogP contribution in [0.5, 0.6) is 0 Å². The Morgan fingerprint density at radius 3 is 2.59 bits per heavy atom. The van der Waals surface area contributed by atoms with Crippen molar-refractivity contribution < 1.29 is 12.8 Å². The lowest BCUT2D eigenvalue weighted by atomic mass is 10.3. The van der Waals surface area contributed by atoms with E-state index in [2.05, 4.69) is 37.6 Å². The molecular formula is C20H27FN4O2S2. The molecule has 1 aliphatic rings. The fourth-order valence-corrected chi connectivity index (χ4v) is 5.19. The van der Waals surface area contributed by atoms with Crippen molar-refractivity contribution in [1.29, 1.82) is 0 Å². The third kappa shape index (κ3) is 6.01. The van der Waals surface area contributed by atoms with Crippen molar-refractivity contribution in [1.82, 2.24) is 15.1 Å². The molecule has 9 heteroatoms. The van der Waals surface area contributed by atoms with Gasteiger partial charge in [0.15, 0.2) is 15.8 Å². The smallest absolute Gasteiger partial charge is 0.194 e. The van der Waals surface area contributed by atoms with Gasteiger partial charge in [-0.1, -0.05) is 18.2 Å². The zero-order chi connectivity index (χ0) is 20.7. The van der Waals surface area contributed by atoms with E-state index in [9.17, 15) is 12.8 Å². The zero-order valence-electron chi connectivity index (χ0n) is 16.6. The summed E-state index contributed by atoms with van der Waals surface area (Å²) in [6, 6.07) is 9.69. The molecule has 1 fully saturated rings. The number of guanidine groups is 1. The maximum absolute atomic E-state index is 13.8. The lowest BCUT2D eigenvalue weighted by Gasteiger charge is -2.36. The minimum absolute atomic E-state index is 0.0917. The number of aliphatic imine (C=N–C) groups is 1. The molecule has 0 aliphatic carbocycles. The SMILES string of the molecule is CCNC(=NCCS(=O)(=O)c1ccccc1F)N1CCN(Cc2cccs2)CC1. The Morgan fingerprint density at radius 2 is 1.93 bits per heavy atom. The number of hydrogen-bond donors (Lipinski definition) is 1. The highest BCUT2D eigenvalue weighted by molar-refractivity contribution is 7.91. The van der Waals surface area contributed by atoms with E-state index in [4.69, 9.17) is 0 Å². The summed E-state index contributed by atoms with van der Waals surface area (Å²) in [5.74, 6) is -0.224. The minimum atomic E-state index is -3.71. The van der Waals surface area contributed by atoms with Gasteiger partial charge in [-0.2, -0.15) is 0 Å². The van der Waals surface area contributed by atoms with Crippen LogP contribution in [0, 0.1) is 5.82 Å². The number of sulfone groups is 1. The van der Waals surface area contributed by atoms with Crippen LogP contribution in [0.15, 0.2) is 51.7 Å². The predicted molar refractivity (Wildman–Crippen MR) is 116 cm³/mol. The molecule has 0 spiro atoms. The average Bonchev–Trinajstić information content (AvgIpc) is 3.21. The van der Waals surface area contributed by atoms with E-state index in [1.54, 1.807) is 11.3 Å². The van der Waals surface area contributed by atoms with E-state index in [1.807, 2.05) is 6.92 Å². The number of halogens is 1. The summed E-state index contributed by atoms with van der Waals surface area (Å²) in [6.45, 7) is 7.25. The summed E-state index contributed by atoms with van der Waals surface area (Å²) in [5.41, 5.74) is 0. The van der Waals surface area contributed by atoms with Gasteiger partial charge in [0.05, 0.1) is 12.3 Å². The van der Waals surface area contributed by atoms with Gasteiger partial charge in [0.25, 0.3) is 0 Å². The maximum atomic E-state index is 13.8. The third-order valence-electron chi connectivity index (χ3n) is 4.76. The highest BCUT2D eigenvalue weighted by Gasteiger charge is 2.21. The molecule has 0 amide bonds. The molecule has 2 aromatic rings. The standard InChI is InChI=1S/C20H27FN4O2S2/c1-2-22-20(23-9-15-29(26,27)19-8-4-3-7-18(19)21)25-12-10-24(11-13-25)16-17-6-5-14-28-17/h3-8,14H,2,9-13,15-16H2,1H3,(H,22,23). The van der Waals surface area contributed by atoms with E-state index < -0.39 is 15.7 Å². The molecule has 3 rings (SSSR count). The van der Waals surface area contributed by atoms with E-state index >= 15 is 0 Å². The molecule has 29 heavy (non-hydrogen) atoms. The second-order valence-corrected chi connectivity index (χ2v) is 9.94. The first-order chi connectivity index (χ1) is 14.0. The summed E-state index contributed by atoms with van der Waals surface area (Å²) in [4.78, 5) is 10.2. The predicted octanol–water partition coefficient (Wildman–Crippen LogP) is 2.44. The second kappa shape index (κ2) is 10.2. The van der Waals surface area contributed by atoms with Crippen LogP contribution in [-0.4, -0.2) is 69.2 Å². The number of rotatable bonds is 7.